The van der Waals surface area contributed by atoms with Crippen LogP contribution in [0.25, 0.3) is 22.8 Å². The maximum Gasteiger partial charge on any atom is 0.261 e. The molecule has 0 N–H and O–H groups in total. The number of hydrogen-bond donors (Lipinski definition) is 0. The lowest BCUT2D eigenvalue weighted by molar-refractivity contribution is 0.431. The van der Waals surface area contributed by atoms with Crippen molar-refractivity contribution in [2.45, 2.75) is 31.7 Å². The fourth-order valence-corrected chi connectivity index (χ4v) is 3.09. The summed E-state index contributed by atoms with van der Waals surface area (Å²) in [5.41, 5.74) is 2.43. The first-order valence-electron chi connectivity index (χ1n) is 7.46. The molecular formula is C16H18N4O3S. The third-order valence-electron chi connectivity index (χ3n) is 3.73. The third-order valence-corrected chi connectivity index (χ3v) is 4.86. The summed E-state index contributed by atoms with van der Waals surface area (Å²) in [4.78, 5) is 4.65. The quantitative estimate of drug-likeness (QED) is 0.721. The average Bonchev–Trinajstić information content (AvgIpc) is 3.13. The molecule has 0 fully saturated rings. The lowest BCUT2D eigenvalue weighted by Gasteiger charge is -2.07. The van der Waals surface area contributed by atoms with E-state index in [1.54, 1.807) is 18.3 Å². The number of aromatic nitrogens is 4. The van der Waals surface area contributed by atoms with Crippen molar-refractivity contribution in [2.75, 3.05) is 6.26 Å². The Kier molecular flexibility index (Phi) is 4.00. The van der Waals surface area contributed by atoms with E-state index in [-0.39, 0.29) is 10.9 Å². The van der Waals surface area contributed by atoms with Crippen LogP contribution in [-0.2, 0) is 9.84 Å². The Morgan fingerprint density at radius 1 is 1.17 bits per heavy atom. The molecule has 0 saturated heterocycles. The van der Waals surface area contributed by atoms with E-state index in [4.69, 9.17) is 4.52 Å². The maximum atomic E-state index is 11.5. The fraction of sp³-hybridized carbons (Fsp3) is 0.312. The minimum absolute atomic E-state index is 0.240. The Labute approximate surface area is 140 Å². The highest BCUT2D eigenvalue weighted by Crippen LogP contribution is 2.26. The molecule has 0 spiro atoms. The minimum Gasteiger partial charge on any atom is -0.333 e. The van der Waals surface area contributed by atoms with Gasteiger partial charge in [0.1, 0.15) is 0 Å². The van der Waals surface area contributed by atoms with Crippen LogP contribution < -0.4 is 0 Å². The van der Waals surface area contributed by atoms with Crippen LogP contribution >= 0.6 is 0 Å². The first kappa shape index (κ1) is 16.4. The largest absolute Gasteiger partial charge is 0.333 e. The molecular weight excluding hydrogens is 328 g/mol. The second-order valence-corrected chi connectivity index (χ2v) is 7.92. The lowest BCUT2D eigenvalue weighted by atomic mass is 10.2. The van der Waals surface area contributed by atoms with Gasteiger partial charge < -0.3 is 4.52 Å². The molecule has 2 heterocycles. The molecule has 7 nitrogen and oxygen atoms in total. The summed E-state index contributed by atoms with van der Waals surface area (Å²) in [5.74, 6) is 0.795. The van der Waals surface area contributed by atoms with E-state index in [9.17, 15) is 8.42 Å². The molecule has 0 saturated carbocycles. The number of nitrogens with zero attached hydrogens (tertiary/aromatic N) is 4. The van der Waals surface area contributed by atoms with Crippen molar-refractivity contribution < 1.29 is 12.9 Å². The first-order valence-corrected chi connectivity index (χ1v) is 9.35. The van der Waals surface area contributed by atoms with Gasteiger partial charge in [0.2, 0.25) is 5.82 Å². The van der Waals surface area contributed by atoms with Crippen LogP contribution in [0.15, 0.2) is 39.9 Å². The SMILES string of the molecule is Cc1c(-c2nc(-c3ccc(S(C)(=O)=O)cc3)no2)cnn1C(C)C. The second-order valence-electron chi connectivity index (χ2n) is 5.90. The zero-order valence-corrected chi connectivity index (χ0v) is 14.7. The number of hydrogen-bond acceptors (Lipinski definition) is 6. The predicted molar refractivity (Wildman–Crippen MR) is 89.2 cm³/mol. The summed E-state index contributed by atoms with van der Waals surface area (Å²) in [7, 11) is -3.23. The topological polar surface area (TPSA) is 90.9 Å². The van der Waals surface area contributed by atoms with Gasteiger partial charge in [-0.2, -0.15) is 10.1 Å². The standard InChI is InChI=1S/C16H18N4O3S/c1-10(2)20-11(3)14(9-17-20)16-18-15(19-23-16)12-5-7-13(8-6-12)24(4,21)22/h5-10H,1-4H3. The van der Waals surface area contributed by atoms with Gasteiger partial charge in [-0.3, -0.25) is 4.68 Å². The molecule has 0 amide bonds. The van der Waals surface area contributed by atoms with E-state index < -0.39 is 9.84 Å². The lowest BCUT2D eigenvalue weighted by Crippen LogP contribution is -2.04. The number of benzene rings is 1. The number of sulfone groups is 1. The zero-order valence-electron chi connectivity index (χ0n) is 13.9. The highest BCUT2D eigenvalue weighted by molar-refractivity contribution is 7.90. The summed E-state index contributed by atoms with van der Waals surface area (Å²) in [6, 6.07) is 6.63. The van der Waals surface area contributed by atoms with Crippen molar-refractivity contribution in [2.24, 2.45) is 0 Å². The Balaban J connectivity index is 1.94. The predicted octanol–water partition coefficient (Wildman–Crippen LogP) is 2.89. The maximum absolute atomic E-state index is 11.5. The Morgan fingerprint density at radius 3 is 2.38 bits per heavy atom. The monoisotopic (exact) mass is 346 g/mol. The smallest absolute Gasteiger partial charge is 0.261 e. The van der Waals surface area contributed by atoms with Gasteiger partial charge in [0.25, 0.3) is 5.89 Å². The van der Waals surface area contributed by atoms with Crippen LogP contribution in [0.3, 0.4) is 0 Å². The van der Waals surface area contributed by atoms with E-state index in [2.05, 4.69) is 15.2 Å². The number of rotatable bonds is 4. The van der Waals surface area contributed by atoms with Gasteiger partial charge in [-0.05, 0) is 45.0 Å². The van der Waals surface area contributed by atoms with Crippen LogP contribution in [0.5, 0.6) is 0 Å². The van der Waals surface area contributed by atoms with Gasteiger partial charge in [-0.25, -0.2) is 8.42 Å². The van der Waals surface area contributed by atoms with Gasteiger partial charge in [0, 0.05) is 23.6 Å². The van der Waals surface area contributed by atoms with E-state index in [0.717, 1.165) is 11.3 Å². The second kappa shape index (κ2) is 5.86. The molecule has 8 heteroatoms. The molecule has 24 heavy (non-hydrogen) atoms. The van der Waals surface area contributed by atoms with Crippen LogP contribution in [0, 0.1) is 6.92 Å². The molecule has 0 aliphatic heterocycles. The molecule has 0 atom stereocenters. The fourth-order valence-electron chi connectivity index (χ4n) is 2.46. The van der Waals surface area contributed by atoms with Crippen LogP contribution in [0.1, 0.15) is 25.6 Å². The molecule has 1 aromatic carbocycles. The summed E-state index contributed by atoms with van der Waals surface area (Å²) < 4.78 is 30.2. The van der Waals surface area contributed by atoms with Crippen molar-refractivity contribution in [1.29, 1.82) is 0 Å². The Bertz CT molecular complexity index is 969. The van der Waals surface area contributed by atoms with Gasteiger partial charge >= 0.3 is 0 Å². The summed E-state index contributed by atoms with van der Waals surface area (Å²) in [5, 5.41) is 8.31. The van der Waals surface area contributed by atoms with Gasteiger partial charge in [0.15, 0.2) is 9.84 Å². The normalized spacial score (nSPS) is 12.0. The van der Waals surface area contributed by atoms with Gasteiger partial charge in [0.05, 0.1) is 16.7 Å². The molecule has 3 rings (SSSR count). The molecule has 0 unspecified atom stereocenters. The highest BCUT2D eigenvalue weighted by Gasteiger charge is 2.17. The molecule has 0 radical (unpaired) electrons. The first-order chi connectivity index (χ1) is 11.3. The van der Waals surface area contributed by atoms with Crippen LogP contribution in [0.2, 0.25) is 0 Å². The highest BCUT2D eigenvalue weighted by atomic mass is 32.2. The average molecular weight is 346 g/mol. The van der Waals surface area contributed by atoms with Crippen molar-refractivity contribution in [3.63, 3.8) is 0 Å². The summed E-state index contributed by atoms with van der Waals surface area (Å²) in [6.07, 6.45) is 2.88. The van der Waals surface area contributed by atoms with E-state index in [1.807, 2.05) is 25.5 Å². The van der Waals surface area contributed by atoms with E-state index in [1.165, 1.54) is 18.4 Å². The van der Waals surface area contributed by atoms with E-state index >= 15 is 0 Å². The molecule has 0 aliphatic rings. The Morgan fingerprint density at radius 2 is 1.83 bits per heavy atom. The molecule has 0 aliphatic carbocycles. The molecule has 3 aromatic rings. The summed E-state index contributed by atoms with van der Waals surface area (Å²) in [6.45, 7) is 6.05. The van der Waals surface area contributed by atoms with Crippen molar-refractivity contribution >= 4 is 9.84 Å². The van der Waals surface area contributed by atoms with Gasteiger partial charge in [-0.1, -0.05) is 5.16 Å². The molecule has 2 aromatic heterocycles. The Hall–Kier alpha value is -2.48. The summed E-state index contributed by atoms with van der Waals surface area (Å²) >= 11 is 0. The minimum atomic E-state index is -3.23. The van der Waals surface area contributed by atoms with Gasteiger partial charge in [-0.15, -0.1) is 0 Å². The van der Waals surface area contributed by atoms with E-state index in [0.29, 0.717) is 17.3 Å². The molecule has 0 bridgehead atoms. The molecule has 126 valence electrons. The van der Waals surface area contributed by atoms with Crippen molar-refractivity contribution in [3.05, 3.63) is 36.2 Å². The van der Waals surface area contributed by atoms with Crippen LogP contribution in [0.4, 0.5) is 0 Å². The van der Waals surface area contributed by atoms with Crippen LogP contribution in [-0.4, -0.2) is 34.6 Å². The third kappa shape index (κ3) is 2.96. The van der Waals surface area contributed by atoms with Crippen molar-refractivity contribution in [1.82, 2.24) is 19.9 Å². The van der Waals surface area contributed by atoms with Crippen molar-refractivity contribution in [3.8, 4) is 22.8 Å². The zero-order chi connectivity index (χ0) is 17.5.